The Balaban J connectivity index is 2.29. The number of nitrogens with zero attached hydrogens (tertiary/aromatic N) is 1. The number of carboxylic acids is 1. The van der Waals surface area contributed by atoms with Gasteiger partial charge in [0.25, 0.3) is 5.91 Å². The highest BCUT2D eigenvalue weighted by molar-refractivity contribution is 8.00. The van der Waals surface area contributed by atoms with Gasteiger partial charge in [0.1, 0.15) is 6.04 Å². The zero-order chi connectivity index (χ0) is 13.3. The molecule has 1 aromatic heterocycles. The van der Waals surface area contributed by atoms with Crippen LogP contribution in [0.1, 0.15) is 24.2 Å². The lowest BCUT2D eigenvalue weighted by Gasteiger charge is -2.29. The Morgan fingerprint density at radius 3 is 2.72 bits per heavy atom. The summed E-state index contributed by atoms with van der Waals surface area (Å²) in [6.45, 7) is 4.02. The van der Waals surface area contributed by atoms with E-state index < -0.39 is 12.0 Å². The molecule has 1 aliphatic heterocycles. The summed E-state index contributed by atoms with van der Waals surface area (Å²) in [5.41, 5.74) is 0.583. The molecule has 0 spiro atoms. The molecular formula is C12H15NO3S2. The SMILES string of the molecule is CC(C)C1SCC(C(=O)O)N1C(=O)c1ccsc1. The van der Waals surface area contributed by atoms with Gasteiger partial charge < -0.3 is 10.0 Å². The Hall–Kier alpha value is -1.01. The average Bonchev–Trinajstić information content (AvgIpc) is 2.97. The van der Waals surface area contributed by atoms with Crippen LogP contribution in [0, 0.1) is 5.92 Å². The number of amides is 1. The molecule has 0 aliphatic carbocycles. The van der Waals surface area contributed by atoms with Crippen molar-refractivity contribution in [3.63, 3.8) is 0 Å². The lowest BCUT2D eigenvalue weighted by Crippen LogP contribution is -2.47. The van der Waals surface area contributed by atoms with Crippen molar-refractivity contribution in [1.29, 1.82) is 0 Å². The monoisotopic (exact) mass is 285 g/mol. The molecule has 2 rings (SSSR count). The first kappa shape index (κ1) is 13.4. The summed E-state index contributed by atoms with van der Waals surface area (Å²) in [4.78, 5) is 25.2. The first-order valence-electron chi connectivity index (χ1n) is 5.71. The Labute approximate surface area is 114 Å². The molecule has 18 heavy (non-hydrogen) atoms. The van der Waals surface area contributed by atoms with Crippen LogP contribution in [-0.2, 0) is 4.79 Å². The molecule has 4 nitrogen and oxygen atoms in total. The van der Waals surface area contributed by atoms with Gasteiger partial charge in [-0.2, -0.15) is 11.3 Å². The molecule has 1 aromatic rings. The summed E-state index contributed by atoms with van der Waals surface area (Å²) in [5, 5.41) is 12.8. The van der Waals surface area contributed by atoms with E-state index in [0.29, 0.717) is 11.3 Å². The van der Waals surface area contributed by atoms with Crippen LogP contribution in [0.25, 0.3) is 0 Å². The van der Waals surface area contributed by atoms with Crippen molar-refractivity contribution < 1.29 is 14.7 Å². The van der Waals surface area contributed by atoms with Crippen molar-refractivity contribution in [2.45, 2.75) is 25.3 Å². The second-order valence-electron chi connectivity index (χ2n) is 4.55. The van der Waals surface area contributed by atoms with E-state index in [0.717, 1.165) is 0 Å². The van der Waals surface area contributed by atoms with E-state index in [1.54, 1.807) is 23.2 Å². The second-order valence-corrected chi connectivity index (χ2v) is 6.48. The molecule has 6 heteroatoms. The van der Waals surface area contributed by atoms with Gasteiger partial charge in [0.2, 0.25) is 0 Å². The van der Waals surface area contributed by atoms with Crippen LogP contribution in [-0.4, -0.2) is 39.1 Å². The van der Waals surface area contributed by atoms with Gasteiger partial charge >= 0.3 is 5.97 Å². The molecule has 98 valence electrons. The van der Waals surface area contributed by atoms with Crippen LogP contribution in [0.3, 0.4) is 0 Å². The van der Waals surface area contributed by atoms with Crippen LogP contribution in [0.4, 0.5) is 0 Å². The Morgan fingerprint density at radius 2 is 2.22 bits per heavy atom. The van der Waals surface area contributed by atoms with Crippen molar-refractivity contribution in [2.24, 2.45) is 5.92 Å². The Morgan fingerprint density at radius 1 is 1.50 bits per heavy atom. The summed E-state index contributed by atoms with van der Waals surface area (Å²) in [7, 11) is 0. The highest BCUT2D eigenvalue weighted by Gasteiger charge is 2.43. The van der Waals surface area contributed by atoms with E-state index in [2.05, 4.69) is 0 Å². The summed E-state index contributed by atoms with van der Waals surface area (Å²) >= 11 is 2.99. The zero-order valence-electron chi connectivity index (χ0n) is 10.2. The van der Waals surface area contributed by atoms with Crippen LogP contribution in [0.5, 0.6) is 0 Å². The van der Waals surface area contributed by atoms with Gasteiger partial charge in [-0.15, -0.1) is 11.8 Å². The van der Waals surface area contributed by atoms with Gasteiger partial charge in [0.05, 0.1) is 10.9 Å². The fourth-order valence-corrected chi connectivity index (χ4v) is 4.12. The van der Waals surface area contributed by atoms with Gasteiger partial charge in [0.15, 0.2) is 0 Å². The van der Waals surface area contributed by atoms with E-state index in [9.17, 15) is 14.7 Å². The van der Waals surface area contributed by atoms with Gasteiger partial charge in [-0.05, 0) is 17.4 Å². The van der Waals surface area contributed by atoms with Crippen LogP contribution >= 0.6 is 23.1 Å². The summed E-state index contributed by atoms with van der Waals surface area (Å²) in [6, 6.07) is 1.03. The standard InChI is InChI=1S/C12H15NO3S2/c1-7(2)11-13(9(6-18-11)12(15)16)10(14)8-3-4-17-5-8/h3-5,7,9,11H,6H2,1-2H3,(H,15,16). The van der Waals surface area contributed by atoms with Crippen molar-refractivity contribution in [3.05, 3.63) is 22.4 Å². The fraction of sp³-hybridized carbons (Fsp3) is 0.500. The van der Waals surface area contributed by atoms with Gasteiger partial charge in [0, 0.05) is 11.1 Å². The number of aliphatic carboxylic acids is 1. The van der Waals surface area contributed by atoms with Gasteiger partial charge in [-0.25, -0.2) is 4.79 Å². The Bertz CT molecular complexity index is 444. The summed E-state index contributed by atoms with van der Waals surface area (Å²) in [6.07, 6.45) is 0. The largest absolute Gasteiger partial charge is 0.480 e. The molecule has 2 atom stereocenters. The predicted octanol–water partition coefficient (Wildman–Crippen LogP) is 2.37. The third kappa shape index (κ3) is 2.40. The maximum absolute atomic E-state index is 12.4. The number of hydrogen-bond acceptors (Lipinski definition) is 4. The third-order valence-corrected chi connectivity index (χ3v) is 5.20. The van der Waals surface area contributed by atoms with E-state index in [1.807, 2.05) is 19.2 Å². The highest BCUT2D eigenvalue weighted by Crippen LogP contribution is 2.35. The van der Waals surface area contributed by atoms with Crippen LogP contribution < -0.4 is 0 Å². The van der Waals surface area contributed by atoms with Crippen molar-refractivity contribution in [1.82, 2.24) is 4.90 Å². The fourth-order valence-electron chi connectivity index (χ4n) is 2.02. The summed E-state index contributed by atoms with van der Waals surface area (Å²) < 4.78 is 0. The van der Waals surface area contributed by atoms with E-state index >= 15 is 0 Å². The topological polar surface area (TPSA) is 57.6 Å². The van der Waals surface area contributed by atoms with Crippen LogP contribution in [0.2, 0.25) is 0 Å². The number of hydrogen-bond donors (Lipinski definition) is 1. The minimum Gasteiger partial charge on any atom is -0.480 e. The number of thiophene rings is 1. The average molecular weight is 285 g/mol. The summed E-state index contributed by atoms with van der Waals surface area (Å²) in [5.74, 6) is -0.392. The molecule has 0 bridgehead atoms. The smallest absolute Gasteiger partial charge is 0.327 e. The predicted molar refractivity (Wildman–Crippen MR) is 73.0 cm³/mol. The quantitative estimate of drug-likeness (QED) is 0.926. The maximum Gasteiger partial charge on any atom is 0.327 e. The van der Waals surface area contributed by atoms with Crippen molar-refractivity contribution in [3.8, 4) is 0 Å². The molecule has 0 saturated carbocycles. The van der Waals surface area contributed by atoms with Crippen LogP contribution in [0.15, 0.2) is 16.8 Å². The molecule has 1 aliphatic rings. The third-order valence-electron chi connectivity index (χ3n) is 2.89. The number of thioether (sulfide) groups is 1. The normalized spacial score (nSPS) is 23.6. The molecule has 1 fully saturated rings. The van der Waals surface area contributed by atoms with Crippen molar-refractivity contribution >= 4 is 35.0 Å². The lowest BCUT2D eigenvalue weighted by atomic mass is 10.1. The number of carbonyl (C=O) groups excluding carboxylic acids is 1. The Kier molecular flexibility index (Phi) is 3.97. The van der Waals surface area contributed by atoms with Gasteiger partial charge in [-0.1, -0.05) is 13.8 Å². The molecule has 2 unspecified atom stereocenters. The maximum atomic E-state index is 12.4. The molecule has 1 saturated heterocycles. The molecular weight excluding hydrogens is 270 g/mol. The van der Waals surface area contributed by atoms with Crippen molar-refractivity contribution in [2.75, 3.05) is 5.75 Å². The first-order chi connectivity index (χ1) is 8.52. The lowest BCUT2D eigenvalue weighted by molar-refractivity contribution is -0.141. The second kappa shape index (κ2) is 5.32. The van der Waals surface area contributed by atoms with E-state index in [-0.39, 0.29) is 17.2 Å². The number of rotatable bonds is 3. The molecule has 0 aromatic carbocycles. The first-order valence-corrected chi connectivity index (χ1v) is 7.70. The van der Waals surface area contributed by atoms with E-state index in [1.165, 1.54) is 16.2 Å². The van der Waals surface area contributed by atoms with Gasteiger partial charge in [-0.3, -0.25) is 4.79 Å². The molecule has 1 N–H and O–H groups in total. The zero-order valence-corrected chi connectivity index (χ0v) is 11.8. The minimum absolute atomic E-state index is 0.0569. The molecule has 2 heterocycles. The van der Waals surface area contributed by atoms with E-state index in [4.69, 9.17) is 0 Å². The minimum atomic E-state index is -0.922. The number of carbonyl (C=O) groups is 2. The number of carboxylic acid groups (broad SMARTS) is 1. The highest BCUT2D eigenvalue weighted by atomic mass is 32.2. The molecule has 1 amide bonds. The molecule has 0 radical (unpaired) electrons.